The van der Waals surface area contributed by atoms with E-state index in [0.717, 1.165) is 4.90 Å². The average molecular weight is 154 g/mol. The normalized spacial score (nSPS) is 13.0. The standard InChI is InChI=1S/C7H8NOS/c1-8-10(9)7-5-3-2-4-6-7/h3-6,8H,1H3. The van der Waals surface area contributed by atoms with Crippen LogP contribution >= 0.6 is 0 Å². The first-order chi connectivity index (χ1) is 4.84. The van der Waals surface area contributed by atoms with Crippen molar-refractivity contribution in [3.8, 4) is 0 Å². The molecule has 0 fully saturated rings. The number of hydrogen-bond acceptors (Lipinski definition) is 2. The maximum absolute atomic E-state index is 11.0. The summed E-state index contributed by atoms with van der Waals surface area (Å²) in [6.07, 6.45) is 0. The first kappa shape index (κ1) is 7.60. The third-order valence-electron chi connectivity index (χ3n) is 1.09. The Hall–Kier alpha value is -0.510. The highest BCUT2D eigenvalue weighted by atomic mass is 32.2. The van der Waals surface area contributed by atoms with Crippen molar-refractivity contribution in [1.29, 1.82) is 0 Å². The Bertz CT molecular complexity index is 190. The van der Waals surface area contributed by atoms with Crippen LogP contribution in [0.5, 0.6) is 0 Å². The van der Waals surface area contributed by atoms with Crippen LogP contribution in [0.15, 0.2) is 29.2 Å². The summed E-state index contributed by atoms with van der Waals surface area (Å²) in [6, 6.07) is 9.87. The van der Waals surface area contributed by atoms with Crippen molar-refractivity contribution >= 4 is 11.4 Å². The summed E-state index contributed by atoms with van der Waals surface area (Å²) in [7, 11) is 1.66. The zero-order valence-electron chi connectivity index (χ0n) is 5.63. The topological polar surface area (TPSA) is 35.1 Å². The molecule has 0 spiro atoms. The Labute approximate surface area is 63.6 Å². The number of nitrogens with one attached hydrogen (secondary N) is 1. The van der Waals surface area contributed by atoms with Crippen LogP contribution in [0.1, 0.15) is 0 Å². The van der Waals surface area contributed by atoms with Crippen molar-refractivity contribution in [2.45, 2.75) is 4.90 Å². The minimum absolute atomic E-state index is 0.779. The molecule has 3 heteroatoms. The lowest BCUT2D eigenvalue weighted by Crippen LogP contribution is -2.18. The van der Waals surface area contributed by atoms with E-state index in [2.05, 4.69) is 10.8 Å². The molecule has 0 heterocycles. The van der Waals surface area contributed by atoms with Crippen LogP contribution in [0.4, 0.5) is 0 Å². The van der Waals surface area contributed by atoms with E-state index in [1.54, 1.807) is 31.3 Å². The fourth-order valence-electron chi connectivity index (χ4n) is 0.613. The predicted octanol–water partition coefficient (Wildman–Crippen LogP) is 0.729. The quantitative estimate of drug-likeness (QED) is 0.637. The highest BCUT2D eigenvalue weighted by Gasteiger charge is 2.04. The lowest BCUT2D eigenvalue weighted by molar-refractivity contribution is 0.587. The molecule has 0 aliphatic carbocycles. The van der Waals surface area contributed by atoms with E-state index < -0.39 is 11.4 Å². The smallest absolute Gasteiger partial charge is 0.173 e. The molecule has 0 aliphatic rings. The van der Waals surface area contributed by atoms with Gasteiger partial charge in [0.25, 0.3) is 0 Å². The van der Waals surface area contributed by atoms with Gasteiger partial charge in [0.1, 0.15) is 0 Å². The summed E-state index contributed by atoms with van der Waals surface area (Å²) in [4.78, 5) is 0.779. The van der Waals surface area contributed by atoms with E-state index in [-0.39, 0.29) is 0 Å². The van der Waals surface area contributed by atoms with Gasteiger partial charge in [0.05, 0.1) is 11.4 Å². The van der Waals surface area contributed by atoms with Gasteiger partial charge in [-0.2, -0.15) is 0 Å². The van der Waals surface area contributed by atoms with Crippen LogP contribution in [0.25, 0.3) is 0 Å². The molecule has 0 amide bonds. The molecule has 1 aromatic rings. The number of rotatable bonds is 2. The highest BCUT2D eigenvalue weighted by Crippen LogP contribution is 2.04. The Kier molecular flexibility index (Phi) is 2.74. The van der Waals surface area contributed by atoms with E-state index in [4.69, 9.17) is 0 Å². The summed E-state index contributed by atoms with van der Waals surface area (Å²) in [5.74, 6) is 0. The van der Waals surface area contributed by atoms with E-state index in [1.165, 1.54) is 0 Å². The van der Waals surface area contributed by atoms with Gasteiger partial charge in [-0.15, -0.1) is 4.72 Å². The van der Waals surface area contributed by atoms with Gasteiger partial charge in [-0.25, -0.2) is 0 Å². The maximum atomic E-state index is 11.0. The van der Waals surface area contributed by atoms with Gasteiger partial charge in [-0.05, 0) is 30.3 Å². The first-order valence-corrected chi connectivity index (χ1v) is 4.05. The minimum atomic E-state index is -1.06. The first-order valence-electron chi connectivity index (χ1n) is 2.90. The minimum Gasteiger partial charge on any atom is -0.593 e. The van der Waals surface area contributed by atoms with Crippen LogP contribution in [0, 0.1) is 6.07 Å². The molecule has 0 aliphatic heterocycles. The fourth-order valence-corrected chi connectivity index (χ4v) is 1.23. The van der Waals surface area contributed by atoms with Gasteiger partial charge in [0, 0.05) is 7.05 Å². The van der Waals surface area contributed by atoms with E-state index in [0.29, 0.717) is 0 Å². The van der Waals surface area contributed by atoms with Gasteiger partial charge in [-0.1, -0.05) is 0 Å². The molecular weight excluding hydrogens is 146 g/mol. The Morgan fingerprint density at radius 3 is 2.60 bits per heavy atom. The molecule has 0 saturated carbocycles. The van der Waals surface area contributed by atoms with Gasteiger partial charge in [0.15, 0.2) is 4.90 Å². The molecule has 1 N–H and O–H groups in total. The third kappa shape index (κ3) is 1.73. The van der Waals surface area contributed by atoms with Crippen molar-refractivity contribution in [3.05, 3.63) is 30.3 Å². The van der Waals surface area contributed by atoms with Gasteiger partial charge < -0.3 is 4.55 Å². The van der Waals surface area contributed by atoms with E-state index in [1.807, 2.05) is 0 Å². The molecule has 10 heavy (non-hydrogen) atoms. The summed E-state index contributed by atoms with van der Waals surface area (Å²) in [5, 5.41) is 0. The molecule has 1 aromatic carbocycles. The summed E-state index contributed by atoms with van der Waals surface area (Å²) in [5.41, 5.74) is 0. The van der Waals surface area contributed by atoms with Crippen LogP contribution in [-0.2, 0) is 11.4 Å². The van der Waals surface area contributed by atoms with Gasteiger partial charge >= 0.3 is 0 Å². The van der Waals surface area contributed by atoms with Crippen molar-refractivity contribution in [2.75, 3.05) is 7.05 Å². The summed E-state index contributed by atoms with van der Waals surface area (Å²) in [6.45, 7) is 0. The molecule has 53 valence electrons. The molecule has 2 nitrogen and oxygen atoms in total. The van der Waals surface area contributed by atoms with Gasteiger partial charge in [0.2, 0.25) is 0 Å². The summed E-state index contributed by atoms with van der Waals surface area (Å²) < 4.78 is 13.6. The van der Waals surface area contributed by atoms with E-state index >= 15 is 0 Å². The van der Waals surface area contributed by atoms with Crippen LogP contribution in [-0.4, -0.2) is 11.6 Å². The third-order valence-corrected chi connectivity index (χ3v) is 2.16. The summed E-state index contributed by atoms with van der Waals surface area (Å²) >= 11 is -1.06. The Morgan fingerprint density at radius 1 is 1.50 bits per heavy atom. The Morgan fingerprint density at radius 2 is 2.10 bits per heavy atom. The van der Waals surface area contributed by atoms with Crippen molar-refractivity contribution in [1.82, 2.24) is 4.72 Å². The fraction of sp³-hybridized carbons (Fsp3) is 0.143. The predicted molar refractivity (Wildman–Crippen MR) is 40.7 cm³/mol. The second-order valence-corrected chi connectivity index (χ2v) is 3.13. The van der Waals surface area contributed by atoms with Crippen LogP contribution < -0.4 is 4.72 Å². The molecule has 1 radical (unpaired) electrons. The molecule has 0 bridgehead atoms. The highest BCUT2D eigenvalue weighted by molar-refractivity contribution is 7.89. The zero-order chi connectivity index (χ0) is 7.40. The van der Waals surface area contributed by atoms with Crippen molar-refractivity contribution in [2.24, 2.45) is 0 Å². The van der Waals surface area contributed by atoms with Crippen LogP contribution in [0.3, 0.4) is 0 Å². The largest absolute Gasteiger partial charge is 0.593 e. The maximum Gasteiger partial charge on any atom is 0.173 e. The monoisotopic (exact) mass is 154 g/mol. The number of benzene rings is 1. The molecular formula is C7H8NOS. The van der Waals surface area contributed by atoms with E-state index in [9.17, 15) is 4.55 Å². The molecule has 1 rings (SSSR count). The van der Waals surface area contributed by atoms with Crippen molar-refractivity contribution in [3.63, 3.8) is 0 Å². The zero-order valence-corrected chi connectivity index (χ0v) is 6.44. The van der Waals surface area contributed by atoms with Crippen molar-refractivity contribution < 1.29 is 4.55 Å². The van der Waals surface area contributed by atoms with Crippen LogP contribution in [0.2, 0.25) is 0 Å². The Balaban J connectivity index is 2.75. The molecule has 0 saturated heterocycles. The number of hydrogen-bond donors (Lipinski definition) is 1. The molecule has 0 aromatic heterocycles. The second-order valence-electron chi connectivity index (χ2n) is 1.71. The lowest BCUT2D eigenvalue weighted by atomic mass is 10.4. The molecule has 1 atom stereocenters. The lowest BCUT2D eigenvalue weighted by Gasteiger charge is -2.05. The average Bonchev–Trinajstić information content (AvgIpc) is 2.05. The second kappa shape index (κ2) is 3.61. The van der Waals surface area contributed by atoms with Gasteiger partial charge in [-0.3, -0.25) is 0 Å². The SMILES string of the molecule is CN[S+]([O-])c1cc[c]cc1. The molecule has 1 unspecified atom stereocenters.